The van der Waals surface area contributed by atoms with Gasteiger partial charge in [0.1, 0.15) is 6.04 Å². The molecule has 1 unspecified atom stereocenters. The lowest BCUT2D eigenvalue weighted by molar-refractivity contribution is -0.138. The van der Waals surface area contributed by atoms with Gasteiger partial charge in [-0.25, -0.2) is 0 Å². The monoisotopic (exact) mass is 183 g/mol. The second-order valence-corrected chi connectivity index (χ2v) is 1.97. The molecule has 0 radical (unpaired) electrons. The number of rotatable bonds is 2. The van der Waals surface area contributed by atoms with Gasteiger partial charge in [0.15, 0.2) is 0 Å². The molecule has 11 heavy (non-hydrogen) atoms. The standard InChI is InChI=1S/C4H9NO2.O3S/c1-2-3(5)4(6)7;1-4(2)3/h3H,2,5H2,1H3,(H,6,7);. The normalized spacial score (nSPS) is 10.7. The Morgan fingerprint density at radius 1 is 1.55 bits per heavy atom. The van der Waals surface area contributed by atoms with Crippen molar-refractivity contribution in [2.75, 3.05) is 0 Å². The number of carbonyl (C=O) groups is 1. The third kappa shape index (κ3) is 17.6. The summed E-state index contributed by atoms with van der Waals surface area (Å²) in [6.45, 7) is 1.73. The van der Waals surface area contributed by atoms with E-state index in [9.17, 15) is 4.79 Å². The van der Waals surface area contributed by atoms with Crippen LogP contribution in [0.2, 0.25) is 0 Å². The van der Waals surface area contributed by atoms with E-state index in [2.05, 4.69) is 0 Å². The molecule has 0 saturated carbocycles. The third-order valence-electron chi connectivity index (χ3n) is 0.757. The minimum atomic E-state index is -3.11. The number of carboxylic acid groups (broad SMARTS) is 1. The van der Waals surface area contributed by atoms with Crippen molar-refractivity contribution in [1.82, 2.24) is 0 Å². The average Bonchev–Trinajstić information content (AvgIpc) is 1.85. The second kappa shape index (κ2) is 7.16. The van der Waals surface area contributed by atoms with Gasteiger partial charge in [-0.05, 0) is 6.42 Å². The Morgan fingerprint density at radius 3 is 1.82 bits per heavy atom. The Kier molecular flexibility index (Phi) is 8.27. The van der Waals surface area contributed by atoms with Gasteiger partial charge in [0.25, 0.3) is 0 Å². The van der Waals surface area contributed by atoms with Crippen LogP contribution in [0.5, 0.6) is 0 Å². The molecular formula is C4H9NO5S. The second-order valence-electron chi connectivity index (χ2n) is 1.56. The Hall–Kier alpha value is -0.950. The SMILES string of the molecule is CCC(N)C(=O)O.O=S(=O)=O. The fraction of sp³-hybridized carbons (Fsp3) is 0.750. The predicted octanol–water partition coefficient (Wildman–Crippen LogP) is -1.20. The molecule has 0 saturated heterocycles. The first-order valence-corrected chi connectivity index (χ1v) is 3.67. The zero-order chi connectivity index (χ0) is 9.44. The van der Waals surface area contributed by atoms with Gasteiger partial charge in [-0.15, -0.1) is 12.6 Å². The Morgan fingerprint density at radius 2 is 1.82 bits per heavy atom. The molecule has 3 N–H and O–H groups in total. The minimum Gasteiger partial charge on any atom is -0.480 e. The van der Waals surface area contributed by atoms with Crippen LogP contribution < -0.4 is 5.73 Å². The van der Waals surface area contributed by atoms with E-state index in [1.807, 2.05) is 0 Å². The molecule has 0 amide bonds. The van der Waals surface area contributed by atoms with Crippen LogP contribution in [0.4, 0.5) is 0 Å². The minimum absolute atomic E-state index is 0.495. The first-order chi connectivity index (χ1) is 4.91. The summed E-state index contributed by atoms with van der Waals surface area (Å²) in [5.74, 6) is -0.928. The maximum Gasteiger partial charge on any atom is 0.425 e. The molecule has 0 bridgehead atoms. The first-order valence-electron chi connectivity index (χ1n) is 2.67. The molecule has 7 heteroatoms. The van der Waals surface area contributed by atoms with Crippen molar-refractivity contribution in [2.24, 2.45) is 5.73 Å². The molecule has 66 valence electrons. The van der Waals surface area contributed by atoms with Crippen molar-refractivity contribution >= 4 is 16.6 Å². The number of hydrogen-bond donors (Lipinski definition) is 2. The van der Waals surface area contributed by atoms with Crippen LogP contribution in [0.25, 0.3) is 0 Å². The van der Waals surface area contributed by atoms with Gasteiger partial charge in [-0.2, -0.15) is 0 Å². The highest BCUT2D eigenvalue weighted by Gasteiger charge is 2.05. The highest BCUT2D eigenvalue weighted by molar-refractivity contribution is 7.59. The summed E-state index contributed by atoms with van der Waals surface area (Å²) in [5.41, 5.74) is 5.02. The molecule has 0 spiro atoms. The van der Waals surface area contributed by atoms with E-state index in [0.717, 1.165) is 0 Å². The molecule has 0 aliphatic heterocycles. The summed E-state index contributed by atoms with van der Waals surface area (Å²) in [6.07, 6.45) is 0.495. The molecular weight excluding hydrogens is 174 g/mol. The van der Waals surface area contributed by atoms with Gasteiger partial charge in [-0.1, -0.05) is 6.92 Å². The highest BCUT2D eigenvalue weighted by Crippen LogP contribution is 1.82. The van der Waals surface area contributed by atoms with Crippen LogP contribution in [0.15, 0.2) is 0 Å². The van der Waals surface area contributed by atoms with Crippen LogP contribution in [0.1, 0.15) is 13.3 Å². The van der Waals surface area contributed by atoms with Crippen LogP contribution in [0.3, 0.4) is 0 Å². The summed E-state index contributed by atoms with van der Waals surface area (Å²) < 4.78 is 25.3. The lowest BCUT2D eigenvalue weighted by atomic mass is 10.2. The molecule has 1 atom stereocenters. The summed E-state index contributed by atoms with van der Waals surface area (Å²) in [6, 6.07) is -0.681. The fourth-order valence-electron chi connectivity index (χ4n) is 0.175. The van der Waals surface area contributed by atoms with Crippen molar-refractivity contribution in [2.45, 2.75) is 19.4 Å². The molecule has 0 aliphatic carbocycles. The summed E-state index contributed by atoms with van der Waals surface area (Å²) in [5, 5.41) is 8.06. The van der Waals surface area contributed by atoms with Gasteiger partial charge in [-0.3, -0.25) is 4.79 Å². The van der Waals surface area contributed by atoms with Crippen molar-refractivity contribution < 1.29 is 22.5 Å². The van der Waals surface area contributed by atoms with Gasteiger partial charge < -0.3 is 10.8 Å². The van der Waals surface area contributed by atoms with E-state index in [4.69, 9.17) is 23.5 Å². The molecule has 0 fully saturated rings. The molecule has 0 rings (SSSR count). The zero-order valence-corrected chi connectivity index (χ0v) is 6.67. The van der Waals surface area contributed by atoms with Gasteiger partial charge in [0, 0.05) is 0 Å². The van der Waals surface area contributed by atoms with Crippen molar-refractivity contribution in [1.29, 1.82) is 0 Å². The topological polar surface area (TPSA) is 115 Å². The third-order valence-corrected chi connectivity index (χ3v) is 0.757. The van der Waals surface area contributed by atoms with Gasteiger partial charge in [0.05, 0.1) is 0 Å². The lowest BCUT2D eigenvalue weighted by Crippen LogP contribution is -2.28. The first kappa shape index (κ1) is 12.7. The van der Waals surface area contributed by atoms with E-state index < -0.39 is 22.6 Å². The van der Waals surface area contributed by atoms with E-state index in [-0.39, 0.29) is 0 Å². The molecule has 0 aromatic carbocycles. The average molecular weight is 183 g/mol. The molecule has 0 aromatic rings. The summed E-state index contributed by atoms with van der Waals surface area (Å²) >= 11 is 0. The zero-order valence-electron chi connectivity index (χ0n) is 5.85. The number of nitrogens with two attached hydrogens (primary N) is 1. The smallest absolute Gasteiger partial charge is 0.425 e. The fourth-order valence-corrected chi connectivity index (χ4v) is 0.175. The molecule has 0 aliphatic rings. The summed E-state index contributed by atoms with van der Waals surface area (Å²) in [7, 11) is -3.11. The van der Waals surface area contributed by atoms with E-state index in [1.165, 1.54) is 0 Å². The van der Waals surface area contributed by atoms with Crippen molar-refractivity contribution in [3.63, 3.8) is 0 Å². The lowest BCUT2D eigenvalue weighted by Gasteiger charge is -1.97. The van der Waals surface area contributed by atoms with Gasteiger partial charge in [0.2, 0.25) is 0 Å². The van der Waals surface area contributed by atoms with E-state index >= 15 is 0 Å². The van der Waals surface area contributed by atoms with Crippen LogP contribution in [-0.4, -0.2) is 29.7 Å². The largest absolute Gasteiger partial charge is 0.480 e. The number of aliphatic carboxylic acids is 1. The molecule has 0 heterocycles. The van der Waals surface area contributed by atoms with Crippen LogP contribution in [-0.2, 0) is 15.4 Å². The maximum atomic E-state index is 9.81. The molecule has 0 aromatic heterocycles. The van der Waals surface area contributed by atoms with E-state index in [0.29, 0.717) is 6.42 Å². The highest BCUT2D eigenvalue weighted by atomic mass is 32.2. The van der Waals surface area contributed by atoms with Crippen LogP contribution >= 0.6 is 0 Å². The summed E-state index contributed by atoms with van der Waals surface area (Å²) in [4.78, 5) is 9.81. The Balaban J connectivity index is 0. The van der Waals surface area contributed by atoms with E-state index in [1.54, 1.807) is 6.92 Å². The van der Waals surface area contributed by atoms with Crippen LogP contribution in [0, 0.1) is 0 Å². The number of carboxylic acids is 1. The van der Waals surface area contributed by atoms with Crippen molar-refractivity contribution in [3.05, 3.63) is 0 Å². The Labute approximate surface area is 65.1 Å². The quantitative estimate of drug-likeness (QED) is 0.556. The maximum absolute atomic E-state index is 9.81. The molecule has 6 nitrogen and oxygen atoms in total. The van der Waals surface area contributed by atoms with Gasteiger partial charge >= 0.3 is 16.6 Å². The Bertz CT molecular complexity index is 199. The number of hydrogen-bond acceptors (Lipinski definition) is 5. The predicted molar refractivity (Wildman–Crippen MR) is 35.6 cm³/mol. The van der Waals surface area contributed by atoms with Crippen molar-refractivity contribution in [3.8, 4) is 0 Å².